The quantitative estimate of drug-likeness (QED) is 0.818. The maximum absolute atomic E-state index is 11.4. The Hall–Kier alpha value is -2.06. The molecule has 0 radical (unpaired) electrons. The predicted molar refractivity (Wildman–Crippen MR) is 94.7 cm³/mol. The molecular formula is C16H19BrN4O3. The molecule has 7 nitrogen and oxygen atoms in total. The zero-order chi connectivity index (χ0) is 17.1. The van der Waals surface area contributed by atoms with Gasteiger partial charge < -0.3 is 19.7 Å². The van der Waals surface area contributed by atoms with Gasteiger partial charge in [-0.1, -0.05) is 15.9 Å². The van der Waals surface area contributed by atoms with E-state index < -0.39 is 0 Å². The molecule has 2 N–H and O–H groups in total. The highest BCUT2D eigenvalue weighted by atomic mass is 79.9. The summed E-state index contributed by atoms with van der Waals surface area (Å²) in [7, 11) is 1.54. The van der Waals surface area contributed by atoms with E-state index in [1.165, 1.54) is 12.4 Å². The summed E-state index contributed by atoms with van der Waals surface area (Å²) in [5.41, 5.74) is 0.678. The number of benzene rings is 1. The standard InChI is InChI=1S/C16H19BrN4O3/c1-24-13-7-12(17)6-11(16(13)23)9-20-2-4-21(5-3-20)14-8-15(22)19-10-18-14/h6-8,10,23H,2-5,9H2,1H3,(H,18,19,22). The van der Waals surface area contributed by atoms with Crippen molar-refractivity contribution in [1.82, 2.24) is 14.9 Å². The van der Waals surface area contributed by atoms with Crippen molar-refractivity contribution in [2.24, 2.45) is 0 Å². The Bertz CT molecular complexity index is 772. The molecule has 0 spiro atoms. The molecule has 1 aliphatic heterocycles. The third-order valence-corrected chi connectivity index (χ3v) is 4.55. The van der Waals surface area contributed by atoms with Gasteiger partial charge in [-0.25, -0.2) is 4.98 Å². The first-order valence-electron chi connectivity index (χ1n) is 7.64. The number of H-pyrrole nitrogens is 1. The number of hydrogen-bond donors (Lipinski definition) is 2. The number of ether oxygens (including phenoxy) is 1. The number of halogens is 1. The maximum atomic E-state index is 11.4. The molecule has 0 unspecified atom stereocenters. The largest absolute Gasteiger partial charge is 0.504 e. The van der Waals surface area contributed by atoms with E-state index in [2.05, 4.69) is 35.7 Å². The minimum atomic E-state index is -0.145. The van der Waals surface area contributed by atoms with E-state index in [4.69, 9.17) is 4.74 Å². The number of phenolic OH excluding ortho intramolecular Hbond substituents is 1. The van der Waals surface area contributed by atoms with Crippen LogP contribution in [0.3, 0.4) is 0 Å². The van der Waals surface area contributed by atoms with Gasteiger partial charge in [-0.15, -0.1) is 0 Å². The normalized spacial score (nSPS) is 15.5. The Kier molecular flexibility index (Phi) is 5.06. The molecule has 2 aromatic rings. The average Bonchev–Trinajstić information content (AvgIpc) is 2.58. The summed E-state index contributed by atoms with van der Waals surface area (Å²) >= 11 is 3.44. The van der Waals surface area contributed by atoms with Crippen LogP contribution in [0.25, 0.3) is 0 Å². The highest BCUT2D eigenvalue weighted by Gasteiger charge is 2.20. The minimum absolute atomic E-state index is 0.145. The monoisotopic (exact) mass is 394 g/mol. The molecule has 8 heteroatoms. The number of phenols is 1. The Morgan fingerprint density at radius 3 is 2.71 bits per heavy atom. The first-order chi connectivity index (χ1) is 11.6. The van der Waals surface area contributed by atoms with E-state index in [1.807, 2.05) is 6.07 Å². The Morgan fingerprint density at radius 2 is 2.04 bits per heavy atom. The molecule has 1 saturated heterocycles. The van der Waals surface area contributed by atoms with Gasteiger partial charge in [0.05, 0.1) is 13.4 Å². The van der Waals surface area contributed by atoms with Gasteiger partial charge in [0.1, 0.15) is 5.82 Å². The van der Waals surface area contributed by atoms with Gasteiger partial charge in [0.25, 0.3) is 5.56 Å². The van der Waals surface area contributed by atoms with Crippen molar-refractivity contribution in [3.63, 3.8) is 0 Å². The lowest BCUT2D eigenvalue weighted by molar-refractivity contribution is 0.245. The number of anilines is 1. The number of nitrogens with one attached hydrogen (secondary N) is 1. The summed E-state index contributed by atoms with van der Waals surface area (Å²) in [5.74, 6) is 1.34. The van der Waals surface area contributed by atoms with Gasteiger partial charge in [0, 0.05) is 48.8 Å². The lowest BCUT2D eigenvalue weighted by atomic mass is 10.1. The number of rotatable bonds is 4. The van der Waals surface area contributed by atoms with Crippen LogP contribution in [0.2, 0.25) is 0 Å². The topological polar surface area (TPSA) is 81.7 Å². The van der Waals surface area contributed by atoms with Crippen molar-refractivity contribution in [3.05, 3.63) is 44.9 Å². The predicted octanol–water partition coefficient (Wildman–Crippen LogP) is 1.57. The van der Waals surface area contributed by atoms with Crippen LogP contribution in [0.1, 0.15) is 5.56 Å². The summed E-state index contributed by atoms with van der Waals surface area (Å²) in [5, 5.41) is 10.3. The lowest BCUT2D eigenvalue weighted by Gasteiger charge is -2.35. The molecule has 1 aromatic heterocycles. The minimum Gasteiger partial charge on any atom is -0.504 e. The maximum Gasteiger partial charge on any atom is 0.252 e. The van der Waals surface area contributed by atoms with Gasteiger partial charge in [0.15, 0.2) is 11.5 Å². The fraction of sp³-hybridized carbons (Fsp3) is 0.375. The van der Waals surface area contributed by atoms with Crippen molar-refractivity contribution < 1.29 is 9.84 Å². The molecule has 0 saturated carbocycles. The van der Waals surface area contributed by atoms with E-state index in [1.54, 1.807) is 13.2 Å². The van der Waals surface area contributed by atoms with Crippen LogP contribution in [0.4, 0.5) is 5.82 Å². The van der Waals surface area contributed by atoms with Crippen LogP contribution in [0.5, 0.6) is 11.5 Å². The van der Waals surface area contributed by atoms with Crippen molar-refractivity contribution in [2.75, 3.05) is 38.2 Å². The Morgan fingerprint density at radius 1 is 1.29 bits per heavy atom. The Labute approximate surface area is 148 Å². The SMILES string of the molecule is COc1cc(Br)cc(CN2CCN(c3cc(=O)[nH]cn3)CC2)c1O. The number of aromatic nitrogens is 2. The van der Waals surface area contributed by atoms with E-state index in [0.717, 1.165) is 36.2 Å². The van der Waals surface area contributed by atoms with Crippen molar-refractivity contribution in [2.45, 2.75) is 6.54 Å². The van der Waals surface area contributed by atoms with Gasteiger partial charge >= 0.3 is 0 Å². The van der Waals surface area contributed by atoms with Crippen molar-refractivity contribution in [1.29, 1.82) is 0 Å². The lowest BCUT2D eigenvalue weighted by Crippen LogP contribution is -2.46. The Balaban J connectivity index is 1.66. The fourth-order valence-corrected chi connectivity index (χ4v) is 3.30. The molecule has 0 aliphatic carbocycles. The smallest absolute Gasteiger partial charge is 0.252 e. The number of methoxy groups -OCH3 is 1. The second kappa shape index (κ2) is 7.23. The second-order valence-electron chi connectivity index (χ2n) is 5.65. The van der Waals surface area contributed by atoms with E-state index >= 15 is 0 Å². The zero-order valence-corrected chi connectivity index (χ0v) is 14.9. The first kappa shape index (κ1) is 16.8. The molecule has 24 heavy (non-hydrogen) atoms. The van der Waals surface area contributed by atoms with E-state index in [0.29, 0.717) is 18.1 Å². The first-order valence-corrected chi connectivity index (χ1v) is 8.43. The highest BCUT2D eigenvalue weighted by molar-refractivity contribution is 9.10. The molecule has 0 bridgehead atoms. The molecule has 128 valence electrons. The van der Waals surface area contributed by atoms with Gasteiger partial charge in [-0.05, 0) is 12.1 Å². The van der Waals surface area contributed by atoms with Crippen LogP contribution >= 0.6 is 15.9 Å². The van der Waals surface area contributed by atoms with E-state index in [-0.39, 0.29) is 11.3 Å². The number of aromatic hydroxyl groups is 1. The van der Waals surface area contributed by atoms with E-state index in [9.17, 15) is 9.90 Å². The van der Waals surface area contributed by atoms with Crippen LogP contribution in [-0.2, 0) is 6.54 Å². The molecule has 3 rings (SSSR count). The summed E-state index contributed by atoms with van der Waals surface area (Å²) in [4.78, 5) is 22.5. The summed E-state index contributed by atoms with van der Waals surface area (Å²) in [6.07, 6.45) is 1.43. The summed E-state index contributed by atoms with van der Waals surface area (Å²) in [6, 6.07) is 5.17. The number of aromatic amines is 1. The summed E-state index contributed by atoms with van der Waals surface area (Å²) < 4.78 is 6.07. The van der Waals surface area contributed by atoms with Crippen LogP contribution in [-0.4, -0.2) is 53.3 Å². The van der Waals surface area contributed by atoms with Gasteiger partial charge in [0.2, 0.25) is 0 Å². The zero-order valence-electron chi connectivity index (χ0n) is 13.3. The van der Waals surface area contributed by atoms with Gasteiger partial charge in [-0.2, -0.15) is 0 Å². The molecule has 1 fully saturated rings. The third-order valence-electron chi connectivity index (χ3n) is 4.09. The van der Waals surface area contributed by atoms with Crippen LogP contribution < -0.4 is 15.2 Å². The highest BCUT2D eigenvalue weighted by Crippen LogP contribution is 2.34. The number of piperazine rings is 1. The van der Waals surface area contributed by atoms with Gasteiger partial charge in [-0.3, -0.25) is 9.69 Å². The molecule has 1 aromatic carbocycles. The number of nitrogens with zero attached hydrogens (tertiary/aromatic N) is 3. The molecule has 1 aliphatic rings. The number of hydrogen-bond acceptors (Lipinski definition) is 6. The fourth-order valence-electron chi connectivity index (χ4n) is 2.81. The van der Waals surface area contributed by atoms with Crippen molar-refractivity contribution >= 4 is 21.7 Å². The summed E-state index contributed by atoms with van der Waals surface area (Å²) in [6.45, 7) is 3.84. The molecule has 0 atom stereocenters. The van der Waals surface area contributed by atoms with Crippen LogP contribution in [0, 0.1) is 0 Å². The average molecular weight is 395 g/mol. The molecule has 0 amide bonds. The van der Waals surface area contributed by atoms with Crippen molar-refractivity contribution in [3.8, 4) is 11.5 Å². The molecular weight excluding hydrogens is 376 g/mol. The second-order valence-corrected chi connectivity index (χ2v) is 6.56. The third kappa shape index (κ3) is 3.70. The molecule has 2 heterocycles. The van der Waals surface area contributed by atoms with Crippen LogP contribution in [0.15, 0.2) is 33.8 Å².